The van der Waals surface area contributed by atoms with E-state index in [-0.39, 0.29) is 0 Å². The average Bonchev–Trinajstić information content (AvgIpc) is 2.90. The lowest BCUT2D eigenvalue weighted by Gasteiger charge is -2.57. The summed E-state index contributed by atoms with van der Waals surface area (Å²) in [7, 11) is 2.15. The summed E-state index contributed by atoms with van der Waals surface area (Å²) in [6.07, 6.45) is 12.8. The molecule has 140 valence electrons. The molecule has 0 spiro atoms. The van der Waals surface area contributed by atoms with Crippen LogP contribution in [0.4, 0.5) is 0 Å². The molecule has 8 unspecified atom stereocenters. The van der Waals surface area contributed by atoms with Gasteiger partial charge in [0.1, 0.15) is 0 Å². The van der Waals surface area contributed by atoms with Gasteiger partial charge in [-0.25, -0.2) is 0 Å². The Bertz CT molecular complexity index is 434. The lowest BCUT2D eigenvalue weighted by atomic mass is 9.48. The molecular formula is C22H42N2. The van der Waals surface area contributed by atoms with Crippen LogP contribution in [0.5, 0.6) is 0 Å². The van der Waals surface area contributed by atoms with Gasteiger partial charge in [-0.15, -0.1) is 0 Å². The molecule has 3 rings (SSSR count). The number of hydrogen-bond acceptors (Lipinski definition) is 2. The van der Waals surface area contributed by atoms with Crippen molar-refractivity contribution in [1.29, 1.82) is 0 Å². The normalized spacial score (nSPS) is 47.8. The molecule has 0 aromatic rings. The van der Waals surface area contributed by atoms with Crippen LogP contribution in [0.15, 0.2) is 0 Å². The van der Waals surface area contributed by atoms with Crippen molar-refractivity contribution < 1.29 is 0 Å². The Morgan fingerprint density at radius 2 is 1.79 bits per heavy atom. The maximum atomic E-state index is 6.10. The van der Waals surface area contributed by atoms with Crippen LogP contribution in [0.2, 0.25) is 0 Å². The molecule has 3 aliphatic rings. The Hall–Kier alpha value is -0.0800. The van der Waals surface area contributed by atoms with E-state index in [1.54, 1.807) is 0 Å². The summed E-state index contributed by atoms with van der Waals surface area (Å²) in [6.45, 7) is 9.85. The highest BCUT2D eigenvalue weighted by atomic mass is 14.9. The van der Waals surface area contributed by atoms with Crippen LogP contribution in [-0.2, 0) is 0 Å². The van der Waals surface area contributed by atoms with Gasteiger partial charge in [-0.3, -0.25) is 0 Å². The number of rotatable bonds is 5. The van der Waals surface area contributed by atoms with E-state index in [9.17, 15) is 0 Å². The van der Waals surface area contributed by atoms with Gasteiger partial charge in [0, 0.05) is 12.1 Å². The molecule has 0 bridgehead atoms. The van der Waals surface area contributed by atoms with E-state index in [4.69, 9.17) is 5.73 Å². The van der Waals surface area contributed by atoms with Crippen molar-refractivity contribution >= 4 is 0 Å². The maximum absolute atomic E-state index is 6.10. The first-order chi connectivity index (χ1) is 11.3. The van der Waals surface area contributed by atoms with Gasteiger partial charge in [0.05, 0.1) is 0 Å². The smallest absolute Gasteiger partial charge is 0.00693 e. The summed E-state index contributed by atoms with van der Waals surface area (Å²) in [4.78, 5) is 0. The molecule has 8 atom stereocenters. The molecular weight excluding hydrogens is 292 g/mol. The summed E-state index contributed by atoms with van der Waals surface area (Å²) in [5, 5.41) is 3.57. The molecule has 3 N–H and O–H groups in total. The van der Waals surface area contributed by atoms with Crippen LogP contribution in [0, 0.1) is 34.5 Å². The first-order valence-corrected chi connectivity index (χ1v) is 10.7. The summed E-state index contributed by atoms with van der Waals surface area (Å²) in [5.74, 6) is 3.81. The largest absolute Gasteiger partial charge is 0.328 e. The molecule has 3 fully saturated rings. The van der Waals surface area contributed by atoms with Crippen molar-refractivity contribution in [2.75, 3.05) is 7.05 Å². The molecule has 24 heavy (non-hydrogen) atoms. The van der Waals surface area contributed by atoms with Gasteiger partial charge in [0.15, 0.2) is 0 Å². The maximum Gasteiger partial charge on any atom is 0.00693 e. The van der Waals surface area contributed by atoms with Crippen molar-refractivity contribution in [3.8, 4) is 0 Å². The Balaban J connectivity index is 1.78. The van der Waals surface area contributed by atoms with E-state index in [0.29, 0.717) is 22.9 Å². The van der Waals surface area contributed by atoms with Crippen molar-refractivity contribution in [2.45, 2.75) is 97.6 Å². The zero-order chi connectivity index (χ0) is 17.5. The molecule has 2 heteroatoms. The third kappa shape index (κ3) is 3.07. The highest BCUT2D eigenvalue weighted by molar-refractivity contribution is 5.08. The second kappa shape index (κ2) is 6.91. The first kappa shape index (κ1) is 18.7. The summed E-state index contributed by atoms with van der Waals surface area (Å²) in [6, 6.07) is 1.04. The fraction of sp³-hybridized carbons (Fsp3) is 1.00. The second-order valence-electron chi connectivity index (χ2n) is 10.2. The van der Waals surface area contributed by atoms with Crippen LogP contribution < -0.4 is 11.1 Å². The standard InChI is InChI=1S/C22H42N2/c1-15(23)10-13-21(3)12-6-7-17-19(21)11-14-22(4)18(16(2)24-5)8-9-20(17)22/h15-20,24H,6-14,23H2,1-5H3. The highest BCUT2D eigenvalue weighted by Crippen LogP contribution is 2.65. The van der Waals surface area contributed by atoms with Crippen molar-refractivity contribution in [2.24, 2.45) is 40.2 Å². The fourth-order valence-electron chi connectivity index (χ4n) is 7.41. The number of fused-ring (bicyclic) bond motifs is 3. The van der Waals surface area contributed by atoms with E-state index >= 15 is 0 Å². The van der Waals surface area contributed by atoms with Crippen LogP contribution in [0.3, 0.4) is 0 Å². The van der Waals surface area contributed by atoms with E-state index < -0.39 is 0 Å². The quantitative estimate of drug-likeness (QED) is 0.745. The number of nitrogens with one attached hydrogen (secondary N) is 1. The lowest BCUT2D eigenvalue weighted by molar-refractivity contribution is -0.0748. The number of hydrogen-bond donors (Lipinski definition) is 2. The SMILES string of the molecule is CNC(C)C1CCC2C3CCCC(C)(CCC(C)N)C3CCC12C. The van der Waals surface area contributed by atoms with Gasteiger partial charge >= 0.3 is 0 Å². The van der Waals surface area contributed by atoms with Crippen molar-refractivity contribution in [3.05, 3.63) is 0 Å². The third-order valence-electron chi connectivity index (χ3n) is 8.92. The van der Waals surface area contributed by atoms with Crippen LogP contribution in [0.1, 0.15) is 85.5 Å². The van der Waals surface area contributed by atoms with E-state index in [1.165, 1.54) is 57.8 Å². The molecule has 0 aromatic carbocycles. The molecule has 0 saturated heterocycles. The minimum Gasteiger partial charge on any atom is -0.328 e. The zero-order valence-electron chi connectivity index (χ0n) is 16.9. The average molecular weight is 335 g/mol. The molecule has 3 saturated carbocycles. The zero-order valence-corrected chi connectivity index (χ0v) is 16.9. The van der Waals surface area contributed by atoms with Gasteiger partial charge in [0.25, 0.3) is 0 Å². The van der Waals surface area contributed by atoms with Crippen LogP contribution in [0.25, 0.3) is 0 Å². The molecule has 0 heterocycles. The van der Waals surface area contributed by atoms with Crippen molar-refractivity contribution in [3.63, 3.8) is 0 Å². The minimum atomic E-state index is 0.364. The van der Waals surface area contributed by atoms with Gasteiger partial charge in [0.2, 0.25) is 0 Å². The Kier molecular flexibility index (Phi) is 5.39. The molecule has 3 aliphatic carbocycles. The Labute approximate surface area is 150 Å². The minimum absolute atomic E-state index is 0.364. The molecule has 2 nitrogen and oxygen atoms in total. The predicted octanol–water partition coefficient (Wildman–Crippen LogP) is 4.97. The van der Waals surface area contributed by atoms with Crippen LogP contribution >= 0.6 is 0 Å². The lowest BCUT2D eigenvalue weighted by Crippen LogP contribution is -2.51. The summed E-state index contributed by atoms with van der Waals surface area (Å²) in [5.41, 5.74) is 7.25. The van der Waals surface area contributed by atoms with Gasteiger partial charge in [-0.2, -0.15) is 0 Å². The Morgan fingerprint density at radius 1 is 1.04 bits per heavy atom. The first-order valence-electron chi connectivity index (χ1n) is 10.7. The van der Waals surface area contributed by atoms with Gasteiger partial charge < -0.3 is 11.1 Å². The van der Waals surface area contributed by atoms with Crippen molar-refractivity contribution in [1.82, 2.24) is 5.32 Å². The monoisotopic (exact) mass is 334 g/mol. The summed E-state index contributed by atoms with van der Waals surface area (Å²) >= 11 is 0. The highest BCUT2D eigenvalue weighted by Gasteiger charge is 2.58. The van der Waals surface area contributed by atoms with Gasteiger partial charge in [-0.05, 0) is 107 Å². The number of nitrogens with two attached hydrogens (primary N) is 1. The molecule has 0 radical (unpaired) electrons. The second-order valence-corrected chi connectivity index (χ2v) is 10.2. The van der Waals surface area contributed by atoms with E-state index in [2.05, 4.69) is 40.1 Å². The fourth-order valence-corrected chi connectivity index (χ4v) is 7.41. The van der Waals surface area contributed by atoms with Crippen LogP contribution in [-0.4, -0.2) is 19.1 Å². The van der Waals surface area contributed by atoms with E-state index in [0.717, 1.165) is 23.7 Å². The molecule has 0 aromatic heterocycles. The van der Waals surface area contributed by atoms with E-state index in [1.807, 2.05) is 0 Å². The molecule has 0 amide bonds. The van der Waals surface area contributed by atoms with Gasteiger partial charge in [-0.1, -0.05) is 20.3 Å². The summed E-state index contributed by atoms with van der Waals surface area (Å²) < 4.78 is 0. The predicted molar refractivity (Wildman–Crippen MR) is 104 cm³/mol. The third-order valence-corrected chi connectivity index (χ3v) is 8.92. The Morgan fingerprint density at radius 3 is 2.46 bits per heavy atom. The topological polar surface area (TPSA) is 38.0 Å². The molecule has 0 aliphatic heterocycles.